The van der Waals surface area contributed by atoms with Crippen LogP contribution in [0.25, 0.3) is 39.8 Å². The molecule has 0 fully saturated rings. The Morgan fingerprint density at radius 2 is 1.17 bits per heavy atom. The van der Waals surface area contributed by atoms with E-state index in [4.69, 9.17) is 14.0 Å². The van der Waals surface area contributed by atoms with Gasteiger partial charge < -0.3 is 24.7 Å². The lowest BCUT2D eigenvalue weighted by Crippen LogP contribution is -2.31. The number of benzene rings is 4. The molecule has 0 spiro atoms. The Labute approximate surface area is 303 Å². The minimum atomic E-state index is -0.350. The van der Waals surface area contributed by atoms with E-state index in [1.165, 1.54) is 12.7 Å². The van der Waals surface area contributed by atoms with Crippen molar-refractivity contribution in [3.05, 3.63) is 167 Å². The Hall–Kier alpha value is -7.47. The molecule has 0 radical (unpaired) electrons. The fourth-order valence-electron chi connectivity index (χ4n) is 6.33. The third kappa shape index (κ3) is 6.36. The molecule has 0 aliphatic carbocycles. The predicted molar refractivity (Wildman–Crippen MR) is 200 cm³/mol. The number of allylic oxidation sites excluding steroid dienone is 1. The quantitative estimate of drug-likeness (QED) is 0.145. The number of carbonyl (C=O) groups is 2. The highest BCUT2D eigenvalue weighted by Crippen LogP contribution is 2.44. The van der Waals surface area contributed by atoms with E-state index in [2.05, 4.69) is 35.9 Å². The number of aromatic nitrogens is 5. The first-order chi connectivity index (χ1) is 26.0. The maximum absolute atomic E-state index is 13.8. The summed E-state index contributed by atoms with van der Waals surface area (Å²) in [6.45, 7) is 3.74. The van der Waals surface area contributed by atoms with Crippen molar-refractivity contribution in [1.29, 1.82) is 0 Å². The molecule has 0 atom stereocenters. The van der Waals surface area contributed by atoms with Crippen molar-refractivity contribution in [3.63, 3.8) is 0 Å². The van der Waals surface area contributed by atoms with E-state index in [0.29, 0.717) is 50.6 Å². The van der Waals surface area contributed by atoms with Gasteiger partial charge in [0.05, 0.1) is 22.5 Å². The van der Waals surface area contributed by atoms with Crippen molar-refractivity contribution in [2.45, 2.75) is 13.8 Å². The Kier molecular flexibility index (Phi) is 8.67. The number of amides is 2. The van der Waals surface area contributed by atoms with Gasteiger partial charge in [-0.2, -0.15) is 9.97 Å². The Bertz CT molecular complexity index is 2550. The second-order valence-electron chi connectivity index (χ2n) is 12.2. The van der Waals surface area contributed by atoms with Crippen molar-refractivity contribution < 1.29 is 18.6 Å². The maximum atomic E-state index is 13.8. The first-order valence-corrected chi connectivity index (χ1v) is 16.7. The molecule has 0 unspecified atom stereocenters. The zero-order valence-electron chi connectivity index (χ0n) is 28.5. The molecule has 1 aliphatic rings. The number of aryl methyl sites for hydroxylation is 2. The highest BCUT2D eigenvalue weighted by Gasteiger charge is 2.33. The minimum Gasteiger partial charge on any atom is -0.340 e. The molecule has 7 aromatic rings. The smallest absolute Gasteiger partial charge is 0.262 e. The van der Waals surface area contributed by atoms with Crippen LogP contribution in [0.3, 0.4) is 0 Å². The summed E-state index contributed by atoms with van der Waals surface area (Å²) in [6.07, 6.45) is 4.45. The van der Waals surface area contributed by atoms with Gasteiger partial charge in [-0.05, 0) is 54.3 Å². The van der Waals surface area contributed by atoms with Crippen LogP contribution in [-0.2, 0) is 0 Å². The predicted octanol–water partition coefficient (Wildman–Crippen LogP) is 7.78. The van der Waals surface area contributed by atoms with E-state index < -0.39 is 0 Å². The number of aliphatic imine (C=N–C) groups is 1. The number of amidine groups is 1. The van der Waals surface area contributed by atoms with Crippen molar-refractivity contribution >= 4 is 40.7 Å². The van der Waals surface area contributed by atoms with Gasteiger partial charge in [0.15, 0.2) is 12.7 Å². The molecule has 258 valence electrons. The van der Waals surface area contributed by atoms with E-state index >= 15 is 0 Å². The third-order valence-electron chi connectivity index (χ3n) is 8.81. The Balaban J connectivity index is 1.36. The van der Waals surface area contributed by atoms with Crippen LogP contribution in [0, 0.1) is 13.8 Å². The van der Waals surface area contributed by atoms with E-state index in [0.717, 1.165) is 22.3 Å². The van der Waals surface area contributed by atoms with E-state index in [-0.39, 0.29) is 29.4 Å². The lowest BCUT2D eigenvalue weighted by Gasteiger charge is -2.10. The second kappa shape index (κ2) is 14.0. The van der Waals surface area contributed by atoms with Crippen LogP contribution in [-0.4, -0.2) is 42.9 Å². The monoisotopic (exact) mass is 698 g/mol. The number of nitrogens with one attached hydrogen (secondary N) is 3. The number of carbonyl (C=O) groups excluding carboxylic acids is 2. The summed E-state index contributed by atoms with van der Waals surface area (Å²) in [5, 5.41) is 13.8. The SMILES string of the molecule is Cc1ccccc1C(=O)NC1=NC(=Cc2[nH]c(NC(=O)c3ccccc3C)c(-c3ncno3)c2-c2ccccc2)C(c2ccccc2)=C1c1ncno1. The number of nitrogens with zero attached hydrogens (tertiary/aromatic N) is 5. The summed E-state index contributed by atoms with van der Waals surface area (Å²) in [5.74, 6) is 0.251. The van der Waals surface area contributed by atoms with Crippen molar-refractivity contribution in [2.75, 3.05) is 5.32 Å². The van der Waals surface area contributed by atoms with Crippen LogP contribution in [0.4, 0.5) is 5.82 Å². The molecule has 3 N–H and O–H groups in total. The highest BCUT2D eigenvalue weighted by molar-refractivity contribution is 6.37. The normalized spacial score (nSPS) is 13.3. The van der Waals surface area contributed by atoms with Gasteiger partial charge in [0, 0.05) is 22.3 Å². The average Bonchev–Trinajstić information content (AvgIpc) is 4.00. The summed E-state index contributed by atoms with van der Waals surface area (Å²) in [7, 11) is 0. The summed E-state index contributed by atoms with van der Waals surface area (Å²) in [6, 6.07) is 33.9. The van der Waals surface area contributed by atoms with E-state index in [1.807, 2.05) is 111 Å². The Morgan fingerprint density at radius 1 is 0.623 bits per heavy atom. The number of rotatable bonds is 8. The zero-order chi connectivity index (χ0) is 36.3. The molecular weight excluding hydrogens is 669 g/mol. The first kappa shape index (κ1) is 32.7. The molecule has 0 bridgehead atoms. The van der Waals surface area contributed by atoms with Gasteiger partial charge in [-0.15, -0.1) is 0 Å². The van der Waals surface area contributed by atoms with Gasteiger partial charge >= 0.3 is 0 Å². The van der Waals surface area contributed by atoms with Gasteiger partial charge in [0.1, 0.15) is 11.7 Å². The summed E-state index contributed by atoms with van der Waals surface area (Å²) >= 11 is 0. The topological polar surface area (TPSA) is 164 Å². The largest absolute Gasteiger partial charge is 0.340 e. The molecule has 1 aliphatic heterocycles. The average molecular weight is 699 g/mol. The molecule has 0 saturated carbocycles. The number of hydrogen-bond donors (Lipinski definition) is 3. The minimum absolute atomic E-state index is 0.170. The molecule has 12 nitrogen and oxygen atoms in total. The van der Waals surface area contributed by atoms with E-state index in [9.17, 15) is 9.59 Å². The van der Waals surface area contributed by atoms with Gasteiger partial charge in [-0.1, -0.05) is 107 Å². The van der Waals surface area contributed by atoms with Crippen LogP contribution in [0.15, 0.2) is 142 Å². The second-order valence-corrected chi connectivity index (χ2v) is 12.2. The van der Waals surface area contributed by atoms with Crippen LogP contribution in [0.5, 0.6) is 0 Å². The van der Waals surface area contributed by atoms with Crippen LogP contribution < -0.4 is 10.6 Å². The molecule has 2 amide bonds. The third-order valence-corrected chi connectivity index (χ3v) is 8.81. The lowest BCUT2D eigenvalue weighted by molar-refractivity contribution is 0.0975. The molecule has 8 rings (SSSR count). The Morgan fingerprint density at radius 3 is 1.75 bits per heavy atom. The summed E-state index contributed by atoms with van der Waals surface area (Å²) < 4.78 is 11.2. The molecule has 4 heterocycles. The van der Waals surface area contributed by atoms with Gasteiger partial charge in [0.2, 0.25) is 0 Å². The van der Waals surface area contributed by atoms with E-state index in [1.54, 1.807) is 18.2 Å². The molecular formula is C41H30N8O4. The van der Waals surface area contributed by atoms with Crippen molar-refractivity contribution in [2.24, 2.45) is 4.99 Å². The van der Waals surface area contributed by atoms with Gasteiger partial charge in [-0.3, -0.25) is 9.59 Å². The zero-order valence-corrected chi connectivity index (χ0v) is 28.5. The highest BCUT2D eigenvalue weighted by atomic mass is 16.5. The number of anilines is 1. The maximum Gasteiger partial charge on any atom is 0.262 e. The summed E-state index contributed by atoms with van der Waals surface area (Å²) in [5.41, 5.74) is 7.47. The first-order valence-electron chi connectivity index (χ1n) is 16.7. The molecule has 4 aromatic carbocycles. The number of H-pyrrole nitrogens is 1. The van der Waals surface area contributed by atoms with Crippen molar-refractivity contribution in [3.8, 4) is 22.6 Å². The fraction of sp³-hybridized carbons (Fsp3) is 0.0488. The van der Waals surface area contributed by atoms with Crippen LogP contribution in [0.1, 0.15) is 49.0 Å². The van der Waals surface area contributed by atoms with Gasteiger partial charge in [0.25, 0.3) is 23.6 Å². The number of aromatic amines is 1. The van der Waals surface area contributed by atoms with Crippen LogP contribution in [0.2, 0.25) is 0 Å². The summed E-state index contributed by atoms with van der Waals surface area (Å²) in [4.78, 5) is 44.7. The molecule has 12 heteroatoms. The molecule has 0 saturated heterocycles. The van der Waals surface area contributed by atoms with Crippen molar-refractivity contribution in [1.82, 2.24) is 30.6 Å². The number of hydrogen-bond acceptors (Lipinski definition) is 9. The lowest BCUT2D eigenvalue weighted by atomic mass is 9.96. The molecule has 3 aromatic heterocycles. The van der Waals surface area contributed by atoms with Gasteiger partial charge in [-0.25, -0.2) is 4.99 Å². The standard InChI is InChI=1S/C41H30N8O4/c1-24-13-9-11-19-28(24)38(50)48-36-34(40-42-22-44-52-40)32(26-15-5-3-6-16-26)30(46-36)21-31-33(27-17-7-4-8-18-27)35(41-43-23-45-53-41)37(47-31)49-39(51)29-20-12-10-14-25(29)2/h3-23,46H,1-2H3,(H,48,50)(H,47,49,51). The molecule has 53 heavy (non-hydrogen) atoms. The fourth-order valence-corrected chi connectivity index (χ4v) is 6.33. The van der Waals surface area contributed by atoms with Crippen LogP contribution >= 0.6 is 0 Å².